The molecule has 1 aliphatic heterocycles. The van der Waals surface area contributed by atoms with Crippen LogP contribution in [0.15, 0.2) is 42.6 Å². The molecule has 9 heteroatoms. The standard InChI is InChI=1S/C24H31N5O4/c1-14(2)20(28-22(30)15(3)25-4)24(32)29-18(13-16-9-8-12-26-21(16)29)23(31)27-17-10-6-7-11-19(17)33-5/h6-12,14-15,18,20,25H,13H2,1-5H3,(H,27,31)(H,28,30)/t15-,18-,20-/m0/s1. The molecule has 0 aliphatic carbocycles. The van der Waals surface area contributed by atoms with Crippen molar-refractivity contribution in [1.29, 1.82) is 0 Å². The second-order valence-corrected chi connectivity index (χ2v) is 8.34. The van der Waals surface area contributed by atoms with Gasteiger partial charge in [0, 0.05) is 12.6 Å². The van der Waals surface area contributed by atoms with Gasteiger partial charge in [0.05, 0.1) is 18.8 Å². The summed E-state index contributed by atoms with van der Waals surface area (Å²) in [5.41, 5.74) is 1.31. The highest BCUT2D eigenvalue weighted by Gasteiger charge is 2.43. The van der Waals surface area contributed by atoms with Crippen LogP contribution in [0.4, 0.5) is 11.5 Å². The number of rotatable bonds is 8. The molecule has 1 aromatic heterocycles. The van der Waals surface area contributed by atoms with Crippen LogP contribution in [0.2, 0.25) is 0 Å². The first-order valence-corrected chi connectivity index (χ1v) is 11.0. The highest BCUT2D eigenvalue weighted by atomic mass is 16.5. The van der Waals surface area contributed by atoms with Gasteiger partial charge in [0.2, 0.25) is 11.8 Å². The van der Waals surface area contributed by atoms with Gasteiger partial charge in [0.25, 0.3) is 5.91 Å². The number of pyridine rings is 1. The van der Waals surface area contributed by atoms with E-state index in [4.69, 9.17) is 4.74 Å². The Kier molecular flexibility index (Phi) is 7.65. The summed E-state index contributed by atoms with van der Waals surface area (Å²) in [5, 5.41) is 8.58. The molecular formula is C24H31N5O4. The Hall–Kier alpha value is -3.46. The normalized spacial score (nSPS) is 16.7. The molecule has 3 rings (SSSR count). The molecule has 9 nitrogen and oxygen atoms in total. The van der Waals surface area contributed by atoms with E-state index in [1.165, 1.54) is 12.0 Å². The van der Waals surface area contributed by atoms with E-state index in [-0.39, 0.29) is 23.6 Å². The lowest BCUT2D eigenvalue weighted by Gasteiger charge is -2.31. The van der Waals surface area contributed by atoms with E-state index in [9.17, 15) is 14.4 Å². The summed E-state index contributed by atoms with van der Waals surface area (Å²) < 4.78 is 5.33. The van der Waals surface area contributed by atoms with Crippen LogP contribution >= 0.6 is 0 Å². The lowest BCUT2D eigenvalue weighted by atomic mass is 10.0. The van der Waals surface area contributed by atoms with Gasteiger partial charge in [-0.2, -0.15) is 0 Å². The molecule has 0 spiro atoms. The largest absolute Gasteiger partial charge is 0.495 e. The van der Waals surface area contributed by atoms with Crippen LogP contribution in [0.3, 0.4) is 0 Å². The van der Waals surface area contributed by atoms with E-state index in [1.54, 1.807) is 44.4 Å². The van der Waals surface area contributed by atoms with Crippen molar-refractivity contribution in [3.05, 3.63) is 48.2 Å². The third-order valence-corrected chi connectivity index (χ3v) is 5.78. The zero-order valence-electron chi connectivity index (χ0n) is 19.6. The Balaban J connectivity index is 1.92. The molecule has 2 heterocycles. The molecule has 3 amide bonds. The third kappa shape index (κ3) is 5.14. The lowest BCUT2D eigenvalue weighted by molar-refractivity contribution is -0.130. The first-order valence-electron chi connectivity index (χ1n) is 11.0. The number of fused-ring (bicyclic) bond motifs is 1. The number of anilines is 2. The number of carbonyl (C=O) groups excluding carboxylic acids is 3. The van der Waals surface area contributed by atoms with Crippen molar-refractivity contribution in [3.63, 3.8) is 0 Å². The van der Waals surface area contributed by atoms with Crippen LogP contribution < -0.4 is 25.6 Å². The van der Waals surface area contributed by atoms with Gasteiger partial charge < -0.3 is 20.7 Å². The van der Waals surface area contributed by atoms with Crippen LogP contribution in [0.5, 0.6) is 5.75 Å². The maximum absolute atomic E-state index is 13.7. The first-order chi connectivity index (χ1) is 15.8. The number of benzene rings is 1. The number of amides is 3. The number of methoxy groups -OCH3 is 1. The van der Waals surface area contributed by atoms with E-state index >= 15 is 0 Å². The monoisotopic (exact) mass is 453 g/mol. The van der Waals surface area contributed by atoms with Gasteiger partial charge >= 0.3 is 0 Å². The van der Waals surface area contributed by atoms with Crippen molar-refractivity contribution in [1.82, 2.24) is 15.6 Å². The number of nitrogens with zero attached hydrogens (tertiary/aromatic N) is 2. The average Bonchev–Trinajstić information content (AvgIpc) is 3.21. The van der Waals surface area contributed by atoms with Crippen molar-refractivity contribution in [2.75, 3.05) is 24.4 Å². The number of aromatic nitrogens is 1. The molecule has 3 atom stereocenters. The van der Waals surface area contributed by atoms with Crippen molar-refractivity contribution < 1.29 is 19.1 Å². The number of carbonyl (C=O) groups is 3. The molecule has 0 bridgehead atoms. The Morgan fingerprint density at radius 2 is 1.85 bits per heavy atom. The molecule has 33 heavy (non-hydrogen) atoms. The molecule has 2 aromatic rings. The smallest absolute Gasteiger partial charge is 0.251 e. The predicted molar refractivity (Wildman–Crippen MR) is 126 cm³/mol. The van der Waals surface area contributed by atoms with Crippen LogP contribution in [0.1, 0.15) is 26.3 Å². The predicted octanol–water partition coefficient (Wildman–Crippen LogP) is 1.74. The van der Waals surface area contributed by atoms with Crippen LogP contribution in [0, 0.1) is 5.92 Å². The van der Waals surface area contributed by atoms with Crippen molar-refractivity contribution in [2.45, 2.75) is 45.3 Å². The lowest BCUT2D eigenvalue weighted by Crippen LogP contribution is -2.57. The van der Waals surface area contributed by atoms with Crippen LogP contribution in [0.25, 0.3) is 0 Å². The van der Waals surface area contributed by atoms with Gasteiger partial charge in [0.1, 0.15) is 23.7 Å². The van der Waals surface area contributed by atoms with Gasteiger partial charge in [0.15, 0.2) is 0 Å². The molecular weight excluding hydrogens is 422 g/mol. The SMILES string of the molecule is CN[C@@H](C)C(=O)N[C@H](C(=O)N1c2ncccc2C[C@H]1C(=O)Nc1ccccc1OC)C(C)C. The number of hydrogen-bond donors (Lipinski definition) is 3. The summed E-state index contributed by atoms with van der Waals surface area (Å²) >= 11 is 0. The summed E-state index contributed by atoms with van der Waals surface area (Å²) in [5.74, 6) is -0.270. The van der Waals surface area contributed by atoms with Gasteiger partial charge in [-0.25, -0.2) is 4.98 Å². The second kappa shape index (κ2) is 10.4. The van der Waals surface area contributed by atoms with Gasteiger partial charge in [-0.05, 0) is 43.7 Å². The topological polar surface area (TPSA) is 113 Å². The first kappa shape index (κ1) is 24.2. The third-order valence-electron chi connectivity index (χ3n) is 5.78. The summed E-state index contributed by atoms with van der Waals surface area (Å²) in [7, 11) is 3.20. The maximum Gasteiger partial charge on any atom is 0.251 e. The number of likely N-dealkylation sites (N-methyl/N-ethyl adjacent to an activating group) is 1. The molecule has 0 radical (unpaired) electrons. The van der Waals surface area contributed by atoms with Gasteiger partial charge in [-0.15, -0.1) is 0 Å². The fourth-order valence-corrected chi connectivity index (χ4v) is 3.76. The van der Waals surface area contributed by atoms with E-state index in [1.807, 2.05) is 26.0 Å². The Labute approximate surface area is 193 Å². The molecule has 176 valence electrons. The van der Waals surface area contributed by atoms with Crippen molar-refractivity contribution in [2.24, 2.45) is 5.92 Å². The molecule has 3 N–H and O–H groups in total. The minimum absolute atomic E-state index is 0.198. The summed E-state index contributed by atoms with van der Waals surface area (Å²) in [6.45, 7) is 5.42. The minimum atomic E-state index is -0.817. The molecule has 0 unspecified atom stereocenters. The molecule has 0 saturated carbocycles. The maximum atomic E-state index is 13.7. The Morgan fingerprint density at radius 1 is 1.12 bits per heavy atom. The Morgan fingerprint density at radius 3 is 2.52 bits per heavy atom. The van der Waals surface area contributed by atoms with Gasteiger partial charge in [-0.3, -0.25) is 19.3 Å². The van der Waals surface area contributed by atoms with E-state index < -0.39 is 18.1 Å². The highest BCUT2D eigenvalue weighted by Crippen LogP contribution is 2.32. The molecule has 1 aromatic carbocycles. The Bertz CT molecular complexity index is 1030. The fourth-order valence-electron chi connectivity index (χ4n) is 3.76. The second-order valence-electron chi connectivity index (χ2n) is 8.34. The van der Waals surface area contributed by atoms with Crippen molar-refractivity contribution >= 4 is 29.2 Å². The average molecular weight is 454 g/mol. The van der Waals surface area contributed by atoms with E-state index in [2.05, 4.69) is 20.9 Å². The molecule has 0 saturated heterocycles. The zero-order chi connectivity index (χ0) is 24.1. The van der Waals surface area contributed by atoms with Gasteiger partial charge in [-0.1, -0.05) is 32.0 Å². The van der Waals surface area contributed by atoms with E-state index in [0.717, 1.165) is 5.56 Å². The minimum Gasteiger partial charge on any atom is -0.495 e. The van der Waals surface area contributed by atoms with Crippen LogP contribution in [-0.2, 0) is 20.8 Å². The van der Waals surface area contributed by atoms with Crippen LogP contribution in [-0.4, -0.2) is 55.0 Å². The number of ether oxygens (including phenoxy) is 1. The zero-order valence-corrected chi connectivity index (χ0v) is 19.6. The summed E-state index contributed by atoms with van der Waals surface area (Å²) in [6.07, 6.45) is 1.91. The van der Waals surface area contributed by atoms with E-state index in [0.29, 0.717) is 23.7 Å². The summed E-state index contributed by atoms with van der Waals surface area (Å²) in [6, 6.07) is 8.61. The summed E-state index contributed by atoms with van der Waals surface area (Å²) in [4.78, 5) is 45.4. The van der Waals surface area contributed by atoms with Crippen molar-refractivity contribution in [3.8, 4) is 5.75 Å². The molecule has 0 fully saturated rings. The number of nitrogens with one attached hydrogen (secondary N) is 3. The number of para-hydroxylation sites is 2. The quantitative estimate of drug-likeness (QED) is 0.561. The fraction of sp³-hybridized carbons (Fsp3) is 0.417. The highest BCUT2D eigenvalue weighted by molar-refractivity contribution is 6.09. The molecule has 1 aliphatic rings. The number of hydrogen-bond acceptors (Lipinski definition) is 6.